The minimum Gasteiger partial charge on any atom is -0.294 e. The van der Waals surface area contributed by atoms with E-state index >= 15 is 0 Å². The summed E-state index contributed by atoms with van der Waals surface area (Å²) in [6, 6.07) is 4.16. The van der Waals surface area contributed by atoms with Gasteiger partial charge in [-0.15, -0.1) is 0 Å². The van der Waals surface area contributed by atoms with Crippen LogP contribution in [-0.2, 0) is 0 Å². The largest absolute Gasteiger partial charge is 0.294 e. The first-order valence-electron chi connectivity index (χ1n) is 4.23. The maximum atomic E-state index is 12.4. The first-order chi connectivity index (χ1) is 7.06. The Kier molecular flexibility index (Phi) is 5.11. The first kappa shape index (κ1) is 13.0. The van der Waals surface area contributed by atoms with E-state index in [0.29, 0.717) is 20.9 Å². The second-order valence-corrected chi connectivity index (χ2v) is 4.86. The molecule has 0 unspecified atom stereocenters. The lowest BCUT2D eigenvalue weighted by atomic mass is 10.1. The maximum Gasteiger partial charge on any atom is 0.263 e. The molecular formula is C10H8BrF2IO. The molecule has 82 valence electrons. The molecule has 0 heterocycles. The van der Waals surface area contributed by atoms with E-state index in [0.717, 1.165) is 0 Å². The van der Waals surface area contributed by atoms with Gasteiger partial charge in [0.25, 0.3) is 6.43 Å². The molecule has 0 N–H and O–H groups in total. The molecule has 0 aromatic heterocycles. The van der Waals surface area contributed by atoms with Crippen LogP contribution in [0, 0.1) is 3.57 Å². The zero-order chi connectivity index (χ0) is 11.4. The van der Waals surface area contributed by atoms with Gasteiger partial charge in [-0.3, -0.25) is 4.79 Å². The van der Waals surface area contributed by atoms with E-state index in [4.69, 9.17) is 0 Å². The van der Waals surface area contributed by atoms with E-state index in [2.05, 4.69) is 15.9 Å². The first-order valence-corrected chi connectivity index (χ1v) is 6.43. The van der Waals surface area contributed by atoms with Crippen molar-refractivity contribution >= 4 is 44.3 Å². The summed E-state index contributed by atoms with van der Waals surface area (Å²) in [6.45, 7) is 0. The summed E-state index contributed by atoms with van der Waals surface area (Å²) >= 11 is 5.12. The second kappa shape index (κ2) is 5.89. The van der Waals surface area contributed by atoms with Gasteiger partial charge in [0.15, 0.2) is 5.78 Å². The highest BCUT2D eigenvalue weighted by atomic mass is 127. The van der Waals surface area contributed by atoms with Crippen LogP contribution in [0.25, 0.3) is 0 Å². The molecule has 15 heavy (non-hydrogen) atoms. The van der Waals surface area contributed by atoms with Gasteiger partial charge in [0, 0.05) is 26.4 Å². The number of rotatable bonds is 4. The molecule has 0 saturated heterocycles. The maximum absolute atomic E-state index is 12.4. The highest BCUT2D eigenvalue weighted by molar-refractivity contribution is 14.1. The van der Waals surface area contributed by atoms with E-state index in [1.54, 1.807) is 6.07 Å². The van der Waals surface area contributed by atoms with Crippen molar-refractivity contribution in [1.82, 2.24) is 0 Å². The third-order valence-electron chi connectivity index (χ3n) is 1.86. The third-order valence-corrected chi connectivity index (χ3v) is 3.20. The van der Waals surface area contributed by atoms with Crippen LogP contribution < -0.4 is 0 Å². The fourth-order valence-corrected chi connectivity index (χ4v) is 2.11. The second-order valence-electron chi connectivity index (χ2n) is 2.90. The van der Waals surface area contributed by atoms with Crippen molar-refractivity contribution in [1.29, 1.82) is 0 Å². The van der Waals surface area contributed by atoms with Crippen LogP contribution in [0.1, 0.15) is 28.8 Å². The summed E-state index contributed by atoms with van der Waals surface area (Å²) in [5.74, 6) is -0.112. The molecular weight excluding hydrogens is 381 g/mol. The molecule has 1 rings (SSSR count). The predicted octanol–water partition coefficient (Wildman–Crippen LogP) is 4.20. The van der Waals surface area contributed by atoms with Crippen LogP contribution in [0.5, 0.6) is 0 Å². The monoisotopic (exact) mass is 388 g/mol. The minimum absolute atomic E-state index is 0.103. The quantitative estimate of drug-likeness (QED) is 0.429. The van der Waals surface area contributed by atoms with Crippen molar-refractivity contribution in [3.8, 4) is 0 Å². The molecule has 0 aliphatic rings. The normalized spacial score (nSPS) is 10.7. The summed E-state index contributed by atoms with van der Waals surface area (Å²) in [5, 5.41) is 0.542. The van der Waals surface area contributed by atoms with Gasteiger partial charge in [-0.25, -0.2) is 8.78 Å². The van der Waals surface area contributed by atoms with Crippen molar-refractivity contribution in [2.75, 3.05) is 5.33 Å². The number of hydrogen-bond donors (Lipinski definition) is 0. The van der Waals surface area contributed by atoms with Crippen LogP contribution in [0.3, 0.4) is 0 Å². The highest BCUT2D eigenvalue weighted by Crippen LogP contribution is 2.23. The van der Waals surface area contributed by atoms with E-state index in [1.165, 1.54) is 12.1 Å². The van der Waals surface area contributed by atoms with Gasteiger partial charge in [0.2, 0.25) is 0 Å². The molecule has 0 bridgehead atoms. The third kappa shape index (κ3) is 3.48. The lowest BCUT2D eigenvalue weighted by molar-refractivity contribution is 0.0988. The summed E-state index contributed by atoms with van der Waals surface area (Å²) in [7, 11) is 0. The van der Waals surface area contributed by atoms with Gasteiger partial charge in [-0.05, 0) is 34.7 Å². The van der Waals surface area contributed by atoms with Crippen molar-refractivity contribution < 1.29 is 13.6 Å². The molecule has 0 amide bonds. The van der Waals surface area contributed by atoms with E-state index in [9.17, 15) is 13.6 Å². The number of Topliss-reactive ketones (excluding diaryl/α,β-unsaturated/α-hetero) is 1. The van der Waals surface area contributed by atoms with E-state index in [1.807, 2.05) is 22.6 Å². The van der Waals surface area contributed by atoms with Crippen LogP contribution in [0.4, 0.5) is 8.78 Å². The topological polar surface area (TPSA) is 17.1 Å². The van der Waals surface area contributed by atoms with Gasteiger partial charge < -0.3 is 0 Å². The summed E-state index contributed by atoms with van der Waals surface area (Å²) < 4.78 is 25.5. The lowest BCUT2D eigenvalue weighted by Gasteiger charge is -2.05. The standard InChI is InChI=1S/C10H8BrF2IO/c11-4-3-9(15)7-5-6(10(12)13)1-2-8(7)14/h1-2,5,10H,3-4H2. The fourth-order valence-electron chi connectivity index (χ4n) is 1.11. The fraction of sp³-hybridized carbons (Fsp3) is 0.300. The molecule has 1 aromatic rings. The highest BCUT2D eigenvalue weighted by Gasteiger charge is 2.14. The Morgan fingerprint density at radius 2 is 2.13 bits per heavy atom. The number of halogens is 4. The SMILES string of the molecule is O=C(CCBr)c1cc(C(F)F)ccc1I. The molecule has 5 heteroatoms. The van der Waals surface area contributed by atoms with Crippen molar-refractivity contribution in [3.05, 3.63) is 32.9 Å². The van der Waals surface area contributed by atoms with Gasteiger partial charge in [-0.1, -0.05) is 22.0 Å². The van der Waals surface area contributed by atoms with Crippen molar-refractivity contribution in [3.63, 3.8) is 0 Å². The Morgan fingerprint density at radius 3 is 2.67 bits per heavy atom. The zero-order valence-corrected chi connectivity index (χ0v) is 11.4. The molecule has 1 nitrogen and oxygen atoms in total. The van der Waals surface area contributed by atoms with Gasteiger partial charge in [0.1, 0.15) is 0 Å². The average molecular weight is 389 g/mol. The van der Waals surface area contributed by atoms with E-state index in [-0.39, 0.29) is 11.3 Å². The Balaban J connectivity index is 3.05. The zero-order valence-electron chi connectivity index (χ0n) is 7.64. The summed E-state index contributed by atoms with van der Waals surface area (Å²) in [6.07, 6.45) is -2.21. The molecule has 1 aromatic carbocycles. The van der Waals surface area contributed by atoms with Crippen LogP contribution in [0.15, 0.2) is 18.2 Å². The van der Waals surface area contributed by atoms with Gasteiger partial charge >= 0.3 is 0 Å². The predicted molar refractivity (Wildman–Crippen MR) is 66.9 cm³/mol. The molecule has 0 radical (unpaired) electrons. The molecule has 0 saturated carbocycles. The molecule has 0 spiro atoms. The van der Waals surface area contributed by atoms with Crippen LogP contribution in [-0.4, -0.2) is 11.1 Å². The molecule has 0 aliphatic carbocycles. The number of carbonyl (C=O) groups is 1. The van der Waals surface area contributed by atoms with E-state index < -0.39 is 6.43 Å². The Labute approximate surface area is 109 Å². The number of ketones is 1. The van der Waals surface area contributed by atoms with Gasteiger partial charge in [0.05, 0.1) is 0 Å². The Hall–Kier alpha value is -0.0400. The summed E-state index contributed by atoms with van der Waals surface area (Å²) in [5.41, 5.74) is 0.279. The van der Waals surface area contributed by atoms with Crippen LogP contribution >= 0.6 is 38.5 Å². The van der Waals surface area contributed by atoms with Crippen LogP contribution in [0.2, 0.25) is 0 Å². The summed E-state index contributed by atoms with van der Waals surface area (Å²) in [4.78, 5) is 11.6. The molecule has 0 aliphatic heterocycles. The number of benzene rings is 1. The average Bonchev–Trinajstić information content (AvgIpc) is 2.18. The van der Waals surface area contributed by atoms with Crippen molar-refractivity contribution in [2.45, 2.75) is 12.8 Å². The Bertz CT molecular complexity index is 368. The van der Waals surface area contributed by atoms with Crippen molar-refractivity contribution in [2.24, 2.45) is 0 Å². The molecule has 0 atom stereocenters. The Morgan fingerprint density at radius 1 is 1.47 bits per heavy atom. The molecule has 0 fully saturated rings. The minimum atomic E-state index is -2.53. The smallest absolute Gasteiger partial charge is 0.263 e. The lowest BCUT2D eigenvalue weighted by Crippen LogP contribution is -2.03. The number of alkyl halides is 3. The number of hydrogen-bond acceptors (Lipinski definition) is 1. The number of carbonyl (C=O) groups excluding carboxylic acids is 1. The van der Waals surface area contributed by atoms with Gasteiger partial charge in [-0.2, -0.15) is 0 Å².